The zero-order valence-electron chi connectivity index (χ0n) is 7.79. The normalized spacial score (nSPS) is 16.5. The fraction of sp³-hybridized carbons (Fsp3) is 0.667. The number of hydrogen-bond donors (Lipinski definition) is 1. The molecule has 1 aromatic rings. The maximum absolute atomic E-state index is 12.1. The number of hydrogen-bond acceptors (Lipinski definition) is 2. The van der Waals surface area contributed by atoms with Crippen molar-refractivity contribution in [2.75, 3.05) is 0 Å². The minimum Gasteiger partial charge on any atom is -0.328 e. The molecular formula is C9H13F2N3. The lowest BCUT2D eigenvalue weighted by molar-refractivity contribution is 0.125. The van der Waals surface area contributed by atoms with Crippen LogP contribution >= 0.6 is 0 Å². The molecule has 0 amide bonds. The molecule has 5 heteroatoms. The number of rotatable bonds is 5. The summed E-state index contributed by atoms with van der Waals surface area (Å²) < 4.78 is 25.7. The highest BCUT2D eigenvalue weighted by Crippen LogP contribution is 2.19. The standard InChI is InChI=1S/C9H13F2N3/c10-9(11)5-14-6-12-3-8(14)4-13-7-1-2-7/h3,6-7,9,13H,1-2,4-5H2. The summed E-state index contributed by atoms with van der Waals surface area (Å²) >= 11 is 0. The molecule has 1 aromatic heterocycles. The molecule has 14 heavy (non-hydrogen) atoms. The van der Waals surface area contributed by atoms with E-state index in [0.717, 1.165) is 5.69 Å². The van der Waals surface area contributed by atoms with Crippen molar-refractivity contribution in [3.8, 4) is 0 Å². The molecule has 3 nitrogen and oxygen atoms in total. The molecular weight excluding hydrogens is 188 g/mol. The van der Waals surface area contributed by atoms with E-state index >= 15 is 0 Å². The first-order chi connectivity index (χ1) is 6.75. The van der Waals surface area contributed by atoms with Crippen molar-refractivity contribution in [3.63, 3.8) is 0 Å². The number of alkyl halides is 2. The van der Waals surface area contributed by atoms with E-state index in [-0.39, 0.29) is 6.54 Å². The van der Waals surface area contributed by atoms with E-state index in [1.165, 1.54) is 23.7 Å². The van der Waals surface area contributed by atoms with Gasteiger partial charge in [-0.1, -0.05) is 0 Å². The highest BCUT2D eigenvalue weighted by molar-refractivity contribution is 4.99. The third kappa shape index (κ3) is 2.51. The number of nitrogens with one attached hydrogen (secondary N) is 1. The zero-order chi connectivity index (χ0) is 9.97. The molecule has 1 fully saturated rings. The topological polar surface area (TPSA) is 29.9 Å². The third-order valence-electron chi connectivity index (χ3n) is 2.28. The summed E-state index contributed by atoms with van der Waals surface area (Å²) in [6, 6.07) is 0.588. The molecule has 1 heterocycles. The van der Waals surface area contributed by atoms with Crippen LogP contribution in [0.25, 0.3) is 0 Å². The molecule has 0 unspecified atom stereocenters. The molecule has 1 aliphatic rings. The monoisotopic (exact) mass is 201 g/mol. The SMILES string of the molecule is FC(F)Cn1cncc1CNC1CC1. The largest absolute Gasteiger partial charge is 0.328 e. The first kappa shape index (κ1) is 9.58. The predicted molar refractivity (Wildman–Crippen MR) is 48.1 cm³/mol. The highest BCUT2D eigenvalue weighted by atomic mass is 19.3. The van der Waals surface area contributed by atoms with Crippen LogP contribution in [0.4, 0.5) is 8.78 Å². The first-order valence-electron chi connectivity index (χ1n) is 4.76. The molecule has 0 saturated heterocycles. The van der Waals surface area contributed by atoms with E-state index in [1.807, 2.05) is 0 Å². The van der Waals surface area contributed by atoms with E-state index in [4.69, 9.17) is 0 Å². The second kappa shape index (κ2) is 4.04. The Morgan fingerprint density at radius 1 is 1.57 bits per heavy atom. The van der Waals surface area contributed by atoms with Crippen LogP contribution in [0.2, 0.25) is 0 Å². The van der Waals surface area contributed by atoms with Crippen LogP contribution in [-0.4, -0.2) is 22.0 Å². The molecule has 0 radical (unpaired) electrons. The maximum Gasteiger partial charge on any atom is 0.256 e. The van der Waals surface area contributed by atoms with Crippen molar-refractivity contribution in [2.45, 2.75) is 38.4 Å². The number of nitrogens with zero attached hydrogens (tertiary/aromatic N) is 2. The summed E-state index contributed by atoms with van der Waals surface area (Å²) in [5, 5.41) is 3.27. The summed E-state index contributed by atoms with van der Waals surface area (Å²) in [5.41, 5.74) is 0.831. The van der Waals surface area contributed by atoms with Crippen LogP contribution in [-0.2, 0) is 13.1 Å². The predicted octanol–water partition coefficient (Wildman–Crippen LogP) is 1.40. The smallest absolute Gasteiger partial charge is 0.256 e. The minimum absolute atomic E-state index is 0.262. The van der Waals surface area contributed by atoms with Crippen LogP contribution < -0.4 is 5.32 Å². The Bertz CT molecular complexity index is 294. The fourth-order valence-electron chi connectivity index (χ4n) is 1.34. The Labute approximate surface area is 81.1 Å². The van der Waals surface area contributed by atoms with Gasteiger partial charge >= 0.3 is 0 Å². The molecule has 0 aliphatic heterocycles. The fourth-order valence-corrected chi connectivity index (χ4v) is 1.34. The van der Waals surface area contributed by atoms with E-state index in [9.17, 15) is 8.78 Å². The summed E-state index contributed by atoms with van der Waals surface area (Å²) in [6.07, 6.45) is 3.17. The van der Waals surface area contributed by atoms with Crippen LogP contribution in [0.15, 0.2) is 12.5 Å². The van der Waals surface area contributed by atoms with Gasteiger partial charge in [-0.05, 0) is 12.8 Å². The van der Waals surface area contributed by atoms with Gasteiger partial charge in [0.1, 0.15) is 0 Å². The molecule has 0 atom stereocenters. The number of halogens is 2. The Morgan fingerprint density at radius 2 is 2.36 bits per heavy atom. The average Bonchev–Trinajstić information content (AvgIpc) is 2.85. The summed E-state index contributed by atoms with van der Waals surface area (Å²) in [6.45, 7) is 0.374. The van der Waals surface area contributed by atoms with Gasteiger partial charge in [-0.2, -0.15) is 0 Å². The van der Waals surface area contributed by atoms with E-state index in [1.54, 1.807) is 6.20 Å². The van der Waals surface area contributed by atoms with Gasteiger partial charge in [0.05, 0.1) is 18.6 Å². The second-order valence-electron chi connectivity index (χ2n) is 3.58. The summed E-state index contributed by atoms with van der Waals surface area (Å²) in [7, 11) is 0. The molecule has 2 rings (SSSR count). The lowest BCUT2D eigenvalue weighted by atomic mass is 10.4. The molecule has 0 aromatic carbocycles. The molecule has 1 N–H and O–H groups in total. The molecule has 1 saturated carbocycles. The Hall–Kier alpha value is -0.970. The van der Waals surface area contributed by atoms with Gasteiger partial charge in [0, 0.05) is 18.8 Å². The quantitative estimate of drug-likeness (QED) is 0.780. The van der Waals surface area contributed by atoms with Crippen LogP contribution in [0, 0.1) is 0 Å². The highest BCUT2D eigenvalue weighted by Gasteiger charge is 2.20. The van der Waals surface area contributed by atoms with Gasteiger partial charge in [0.25, 0.3) is 6.43 Å². The first-order valence-corrected chi connectivity index (χ1v) is 4.76. The van der Waals surface area contributed by atoms with Gasteiger partial charge < -0.3 is 9.88 Å². The van der Waals surface area contributed by atoms with E-state index in [2.05, 4.69) is 10.3 Å². The van der Waals surface area contributed by atoms with Gasteiger partial charge in [-0.25, -0.2) is 13.8 Å². The average molecular weight is 201 g/mol. The van der Waals surface area contributed by atoms with Gasteiger partial charge in [-0.15, -0.1) is 0 Å². The zero-order valence-corrected chi connectivity index (χ0v) is 7.79. The molecule has 0 bridgehead atoms. The van der Waals surface area contributed by atoms with Crippen molar-refractivity contribution in [3.05, 3.63) is 18.2 Å². The number of imidazole rings is 1. The van der Waals surface area contributed by atoms with Crippen molar-refractivity contribution in [2.24, 2.45) is 0 Å². The molecule has 78 valence electrons. The van der Waals surface area contributed by atoms with Crippen LogP contribution in [0.5, 0.6) is 0 Å². The minimum atomic E-state index is -2.32. The maximum atomic E-state index is 12.1. The summed E-state index contributed by atoms with van der Waals surface area (Å²) in [5.74, 6) is 0. The van der Waals surface area contributed by atoms with E-state index < -0.39 is 6.43 Å². The van der Waals surface area contributed by atoms with Gasteiger partial charge in [0.2, 0.25) is 0 Å². The second-order valence-corrected chi connectivity index (χ2v) is 3.58. The van der Waals surface area contributed by atoms with Crippen molar-refractivity contribution in [1.29, 1.82) is 0 Å². The molecule has 1 aliphatic carbocycles. The van der Waals surface area contributed by atoms with E-state index in [0.29, 0.717) is 12.6 Å². The number of aromatic nitrogens is 2. The van der Waals surface area contributed by atoms with Gasteiger partial charge in [-0.3, -0.25) is 0 Å². The van der Waals surface area contributed by atoms with Crippen LogP contribution in [0.1, 0.15) is 18.5 Å². The lowest BCUT2D eigenvalue weighted by Crippen LogP contribution is -2.19. The Balaban J connectivity index is 1.90. The van der Waals surface area contributed by atoms with Crippen LogP contribution in [0.3, 0.4) is 0 Å². The third-order valence-corrected chi connectivity index (χ3v) is 2.28. The van der Waals surface area contributed by atoms with Crippen molar-refractivity contribution < 1.29 is 8.78 Å². The lowest BCUT2D eigenvalue weighted by Gasteiger charge is -2.07. The van der Waals surface area contributed by atoms with Crippen molar-refractivity contribution >= 4 is 0 Å². The summed E-state index contributed by atoms with van der Waals surface area (Å²) in [4.78, 5) is 3.86. The molecule has 0 spiro atoms. The Morgan fingerprint density at radius 3 is 3.00 bits per heavy atom. The van der Waals surface area contributed by atoms with Crippen molar-refractivity contribution in [1.82, 2.24) is 14.9 Å². The Kier molecular flexibility index (Phi) is 2.77. The van der Waals surface area contributed by atoms with Gasteiger partial charge in [0.15, 0.2) is 0 Å².